The zero-order valence-corrected chi connectivity index (χ0v) is 28.3. The Morgan fingerprint density at radius 3 is 1.41 bits per heavy atom. The Balaban J connectivity index is 1.24. The van der Waals surface area contributed by atoms with Crippen LogP contribution >= 0.6 is 0 Å². The Labute approximate surface area is 297 Å². The minimum atomic E-state index is -0.396. The predicted octanol–water partition coefficient (Wildman–Crippen LogP) is 13.3. The van der Waals surface area contributed by atoms with Gasteiger partial charge in [0, 0.05) is 16.9 Å². The van der Waals surface area contributed by atoms with Crippen LogP contribution in [0.2, 0.25) is 0 Å². The largest absolute Gasteiger partial charge is 0.310 e. The van der Waals surface area contributed by atoms with Crippen LogP contribution in [0.4, 0.5) is 17.1 Å². The monoisotopic (exact) mass is 647 g/mol. The summed E-state index contributed by atoms with van der Waals surface area (Å²) in [7, 11) is 0. The van der Waals surface area contributed by atoms with E-state index < -0.39 is 5.41 Å². The molecule has 51 heavy (non-hydrogen) atoms. The van der Waals surface area contributed by atoms with E-state index in [9.17, 15) is 0 Å². The van der Waals surface area contributed by atoms with Crippen molar-refractivity contribution in [2.75, 3.05) is 4.90 Å². The lowest BCUT2D eigenvalue weighted by atomic mass is 9.70. The predicted molar refractivity (Wildman–Crippen MR) is 215 cm³/mol. The van der Waals surface area contributed by atoms with Crippen LogP contribution in [0.15, 0.2) is 182 Å². The van der Waals surface area contributed by atoms with Gasteiger partial charge in [0.1, 0.15) is 0 Å². The van der Waals surface area contributed by atoms with E-state index in [-0.39, 0.29) is 0 Å². The Bertz CT molecular complexity index is 2800. The Morgan fingerprint density at radius 2 is 0.804 bits per heavy atom. The number of hydrogen-bond acceptors (Lipinski definition) is 1. The highest BCUT2D eigenvalue weighted by Crippen LogP contribution is 2.64. The number of fused-ring (bicyclic) bond motifs is 16. The van der Waals surface area contributed by atoms with E-state index in [0.29, 0.717) is 0 Å². The minimum absolute atomic E-state index is 0.396. The summed E-state index contributed by atoms with van der Waals surface area (Å²) >= 11 is 0. The van der Waals surface area contributed by atoms with Gasteiger partial charge in [-0.25, -0.2) is 0 Å². The molecule has 2 aliphatic carbocycles. The Morgan fingerprint density at radius 1 is 0.353 bits per heavy atom. The SMILES string of the molecule is Cc1ccc(N(c2ccc3c4ccccc4c4ccccc4c3c2)c2cccc3c2-c2ccccc2C32c3ccccc3-c3ccccc32)cc1. The first-order valence-corrected chi connectivity index (χ1v) is 17.9. The van der Waals surface area contributed by atoms with Crippen molar-refractivity contribution in [3.63, 3.8) is 0 Å². The quantitative estimate of drug-likeness (QED) is 0.173. The van der Waals surface area contributed by atoms with Crippen molar-refractivity contribution in [1.82, 2.24) is 0 Å². The van der Waals surface area contributed by atoms with Crippen molar-refractivity contribution in [2.45, 2.75) is 12.3 Å². The van der Waals surface area contributed by atoms with Crippen LogP contribution in [-0.2, 0) is 5.41 Å². The smallest absolute Gasteiger partial charge is 0.0726 e. The van der Waals surface area contributed by atoms with Crippen LogP contribution in [0.5, 0.6) is 0 Å². The van der Waals surface area contributed by atoms with Gasteiger partial charge < -0.3 is 4.90 Å². The molecule has 238 valence electrons. The molecule has 1 nitrogen and oxygen atoms in total. The fraction of sp³-hybridized carbons (Fsp3) is 0.0400. The molecule has 0 saturated carbocycles. The fourth-order valence-corrected chi connectivity index (χ4v) is 9.47. The molecule has 9 aromatic rings. The number of hydrogen-bond donors (Lipinski definition) is 0. The second-order valence-corrected chi connectivity index (χ2v) is 14.1. The van der Waals surface area contributed by atoms with E-state index >= 15 is 0 Å². The molecule has 0 N–H and O–H groups in total. The molecule has 1 heteroatoms. The first kappa shape index (κ1) is 28.4. The molecule has 0 atom stereocenters. The average Bonchev–Trinajstić information content (AvgIpc) is 3.67. The summed E-state index contributed by atoms with van der Waals surface area (Å²) in [5.74, 6) is 0. The summed E-state index contributed by atoms with van der Waals surface area (Å²) in [6.45, 7) is 2.16. The van der Waals surface area contributed by atoms with Gasteiger partial charge in [0.25, 0.3) is 0 Å². The second-order valence-electron chi connectivity index (χ2n) is 14.1. The van der Waals surface area contributed by atoms with Gasteiger partial charge in [-0.1, -0.05) is 157 Å². The summed E-state index contributed by atoms with van der Waals surface area (Å²) in [4.78, 5) is 2.49. The molecule has 0 aliphatic heterocycles. The maximum absolute atomic E-state index is 2.49. The summed E-state index contributed by atoms with van der Waals surface area (Å²) < 4.78 is 0. The van der Waals surface area contributed by atoms with Crippen LogP contribution in [0.3, 0.4) is 0 Å². The van der Waals surface area contributed by atoms with Gasteiger partial charge in [-0.2, -0.15) is 0 Å². The number of aryl methyl sites for hydroxylation is 1. The molecular weight excluding hydrogens is 615 g/mol. The molecule has 0 heterocycles. The molecule has 1 spiro atoms. The topological polar surface area (TPSA) is 3.24 Å². The van der Waals surface area contributed by atoms with E-state index in [1.54, 1.807) is 0 Å². The van der Waals surface area contributed by atoms with Gasteiger partial charge in [0.15, 0.2) is 0 Å². The molecule has 0 aromatic heterocycles. The van der Waals surface area contributed by atoms with E-state index in [1.165, 1.54) is 88.1 Å². The van der Waals surface area contributed by atoms with Crippen molar-refractivity contribution >= 4 is 49.4 Å². The first-order chi connectivity index (χ1) is 25.2. The van der Waals surface area contributed by atoms with Crippen molar-refractivity contribution in [2.24, 2.45) is 0 Å². The van der Waals surface area contributed by atoms with Gasteiger partial charge in [-0.15, -0.1) is 0 Å². The van der Waals surface area contributed by atoms with Gasteiger partial charge >= 0.3 is 0 Å². The molecule has 2 aliphatic rings. The zero-order valence-electron chi connectivity index (χ0n) is 28.3. The van der Waals surface area contributed by atoms with Gasteiger partial charge in [0.05, 0.1) is 11.1 Å². The average molecular weight is 648 g/mol. The number of nitrogens with zero attached hydrogens (tertiary/aromatic N) is 1. The van der Waals surface area contributed by atoms with Crippen molar-refractivity contribution in [3.8, 4) is 22.3 Å². The molecular formula is C50H33N. The third kappa shape index (κ3) is 3.75. The number of rotatable bonds is 3. The van der Waals surface area contributed by atoms with Crippen molar-refractivity contribution < 1.29 is 0 Å². The summed E-state index contributed by atoms with van der Waals surface area (Å²) in [6.07, 6.45) is 0. The molecule has 9 aromatic carbocycles. The lowest BCUT2D eigenvalue weighted by Crippen LogP contribution is -2.26. The lowest BCUT2D eigenvalue weighted by molar-refractivity contribution is 0.794. The van der Waals surface area contributed by atoms with E-state index in [0.717, 1.165) is 11.4 Å². The van der Waals surface area contributed by atoms with E-state index in [4.69, 9.17) is 0 Å². The van der Waals surface area contributed by atoms with Crippen LogP contribution in [0.25, 0.3) is 54.6 Å². The minimum Gasteiger partial charge on any atom is -0.310 e. The normalized spacial score (nSPS) is 13.4. The molecule has 0 bridgehead atoms. The lowest BCUT2D eigenvalue weighted by Gasteiger charge is -2.32. The van der Waals surface area contributed by atoms with Crippen LogP contribution in [0.1, 0.15) is 27.8 Å². The summed E-state index contributed by atoms with van der Waals surface area (Å²) in [5, 5.41) is 7.69. The van der Waals surface area contributed by atoms with Crippen LogP contribution < -0.4 is 4.90 Å². The third-order valence-corrected chi connectivity index (χ3v) is 11.5. The summed E-state index contributed by atoms with van der Waals surface area (Å²) in [6, 6.07) is 67.9. The zero-order chi connectivity index (χ0) is 33.7. The number of anilines is 3. The van der Waals surface area contributed by atoms with Crippen LogP contribution in [-0.4, -0.2) is 0 Å². The third-order valence-electron chi connectivity index (χ3n) is 11.5. The molecule has 0 saturated heterocycles. The van der Waals surface area contributed by atoms with Crippen LogP contribution in [0, 0.1) is 6.92 Å². The Hall–Kier alpha value is -6.44. The number of benzene rings is 9. The highest BCUT2D eigenvalue weighted by Gasteiger charge is 2.52. The Kier molecular flexibility index (Phi) is 5.86. The molecule has 0 unspecified atom stereocenters. The van der Waals surface area contributed by atoms with Gasteiger partial charge in [-0.05, 0) is 109 Å². The van der Waals surface area contributed by atoms with E-state index in [2.05, 4.69) is 194 Å². The molecule has 0 fully saturated rings. The van der Waals surface area contributed by atoms with Crippen molar-refractivity contribution in [1.29, 1.82) is 0 Å². The standard InChI is InChI=1S/C50H33N/c1-32-25-27-33(28-26-32)51(34-29-30-39-37-15-3-2-13-35(37)36-14-4-5-16-38(36)43(39)31-34)48-24-12-23-47-49(48)42-19-8-11-22-46(42)50(47)44-20-9-6-17-40(44)41-18-7-10-21-45(41)50/h2-31H,1H3. The van der Waals surface area contributed by atoms with Gasteiger partial charge in [-0.3, -0.25) is 0 Å². The maximum Gasteiger partial charge on any atom is 0.0726 e. The van der Waals surface area contributed by atoms with E-state index in [1.807, 2.05) is 0 Å². The highest BCUT2D eigenvalue weighted by molar-refractivity contribution is 6.25. The maximum atomic E-state index is 2.49. The highest BCUT2D eigenvalue weighted by atomic mass is 15.1. The summed E-state index contributed by atoms with van der Waals surface area (Å²) in [5.41, 5.74) is 15.0. The molecule has 11 rings (SSSR count). The molecule has 0 radical (unpaired) electrons. The molecule has 0 amide bonds. The first-order valence-electron chi connectivity index (χ1n) is 17.9. The van der Waals surface area contributed by atoms with Crippen molar-refractivity contribution in [3.05, 3.63) is 210 Å². The fourth-order valence-electron chi connectivity index (χ4n) is 9.47. The second kappa shape index (κ2) is 10.5. The van der Waals surface area contributed by atoms with Gasteiger partial charge in [0.2, 0.25) is 0 Å².